The number of nitrogens with zero attached hydrogens (tertiary/aromatic N) is 2. The van der Waals surface area contributed by atoms with Crippen LogP contribution in [0.2, 0.25) is 4.34 Å². The number of rotatable bonds is 7. The number of fused-ring (bicyclic) bond motifs is 1. The highest BCUT2D eigenvalue weighted by atomic mass is 35.5. The summed E-state index contributed by atoms with van der Waals surface area (Å²) in [5.41, 5.74) is 0.621. The number of aromatic amines is 1. The molecule has 0 aliphatic heterocycles. The summed E-state index contributed by atoms with van der Waals surface area (Å²) in [6, 6.07) is 15.1. The minimum Gasteiger partial charge on any atom is -0.381 e. The molecule has 0 unspecified atom stereocenters. The second-order valence-corrected chi connectivity index (χ2v) is 12.0. The molecule has 2 amide bonds. The zero-order valence-corrected chi connectivity index (χ0v) is 22.5. The van der Waals surface area contributed by atoms with Crippen LogP contribution in [0, 0.1) is 5.82 Å². The van der Waals surface area contributed by atoms with Crippen LogP contribution in [0.4, 0.5) is 20.7 Å². The molecule has 4 N–H and O–H groups in total. The number of hydrogen-bond acceptors (Lipinski definition) is 8. The third kappa shape index (κ3) is 5.88. The van der Waals surface area contributed by atoms with Gasteiger partial charge >= 0.3 is 11.7 Å². The largest absolute Gasteiger partial charge is 0.381 e. The van der Waals surface area contributed by atoms with Gasteiger partial charge in [0.05, 0.1) is 27.1 Å². The van der Waals surface area contributed by atoms with E-state index >= 15 is 0 Å². The van der Waals surface area contributed by atoms with Crippen molar-refractivity contribution in [1.82, 2.24) is 19.3 Å². The molecular formula is C25H18ClFN6O5S2. The SMILES string of the molecule is O=C(Nc1ccc(-n2c(=O)[nH]c3cc(NCc4ccc(F)cc4)ccc3c2=O)cn1)NS(=O)(=O)c1ccc(Cl)s1. The third-order valence-electron chi connectivity index (χ3n) is 5.60. The number of H-pyrrole nitrogens is 1. The molecule has 0 radical (unpaired) electrons. The molecule has 0 saturated carbocycles. The van der Waals surface area contributed by atoms with Crippen LogP contribution >= 0.6 is 22.9 Å². The van der Waals surface area contributed by atoms with E-state index in [1.165, 1.54) is 42.6 Å². The highest BCUT2D eigenvalue weighted by Crippen LogP contribution is 2.25. The van der Waals surface area contributed by atoms with Gasteiger partial charge in [0.2, 0.25) is 0 Å². The standard InChI is InChI=1S/C25H18ClFN6O5S2/c26-20-8-10-22(39-20)40(37,38)32-24(35)31-21-9-6-17(13-29-21)33-23(34)18-7-5-16(11-19(18)30-25(33)36)28-12-14-1-3-15(27)4-2-14/h1-11,13,28H,12H2,(H,30,36)(H2,29,31,32,35). The Morgan fingerprint density at radius 3 is 2.50 bits per heavy atom. The van der Waals surface area contributed by atoms with Gasteiger partial charge in [0.25, 0.3) is 15.6 Å². The molecule has 0 saturated heterocycles. The summed E-state index contributed by atoms with van der Waals surface area (Å²) in [4.78, 5) is 44.8. The van der Waals surface area contributed by atoms with E-state index in [2.05, 4.69) is 20.6 Å². The van der Waals surface area contributed by atoms with E-state index < -0.39 is 27.3 Å². The Morgan fingerprint density at radius 2 is 1.82 bits per heavy atom. The predicted molar refractivity (Wildman–Crippen MR) is 150 cm³/mol. The smallest absolute Gasteiger partial charge is 0.334 e. The highest BCUT2D eigenvalue weighted by molar-refractivity contribution is 7.92. The molecule has 204 valence electrons. The number of carbonyl (C=O) groups is 1. The number of urea groups is 1. The lowest BCUT2D eigenvalue weighted by Crippen LogP contribution is -2.34. The molecule has 0 aliphatic rings. The Balaban J connectivity index is 1.31. The van der Waals surface area contributed by atoms with Crippen LogP contribution in [0.3, 0.4) is 0 Å². The van der Waals surface area contributed by atoms with E-state index in [9.17, 15) is 27.2 Å². The van der Waals surface area contributed by atoms with Gasteiger partial charge in [0, 0.05) is 12.2 Å². The Morgan fingerprint density at radius 1 is 1.05 bits per heavy atom. The Labute approximate surface area is 234 Å². The van der Waals surface area contributed by atoms with Gasteiger partial charge in [-0.15, -0.1) is 11.3 Å². The Bertz CT molecular complexity index is 1960. The maximum atomic E-state index is 13.1. The van der Waals surface area contributed by atoms with Crippen molar-refractivity contribution in [3.63, 3.8) is 0 Å². The van der Waals surface area contributed by atoms with E-state index in [0.29, 0.717) is 17.7 Å². The fourth-order valence-corrected chi connectivity index (χ4v) is 6.11. The number of sulfonamides is 1. The minimum absolute atomic E-state index is 0.0252. The Hall–Kier alpha value is -4.53. The first-order valence-corrected chi connectivity index (χ1v) is 14.1. The van der Waals surface area contributed by atoms with Crippen molar-refractivity contribution >= 4 is 61.4 Å². The number of aromatic nitrogens is 3. The van der Waals surface area contributed by atoms with Crippen molar-refractivity contribution in [2.45, 2.75) is 10.8 Å². The molecule has 0 fully saturated rings. The quantitative estimate of drug-likeness (QED) is 0.220. The molecule has 0 atom stereocenters. The number of anilines is 2. The van der Waals surface area contributed by atoms with E-state index in [1.807, 2.05) is 4.72 Å². The summed E-state index contributed by atoms with van der Waals surface area (Å²) in [6.45, 7) is 0.408. The first-order valence-electron chi connectivity index (χ1n) is 11.4. The molecule has 5 rings (SSSR count). The van der Waals surface area contributed by atoms with Gasteiger partial charge in [-0.05, 0) is 60.2 Å². The molecule has 0 spiro atoms. The molecule has 11 nitrogen and oxygen atoms in total. The van der Waals surface area contributed by atoms with Crippen LogP contribution in [-0.4, -0.2) is 29.0 Å². The van der Waals surface area contributed by atoms with Crippen LogP contribution in [0.25, 0.3) is 16.6 Å². The fraction of sp³-hybridized carbons (Fsp3) is 0.0400. The maximum absolute atomic E-state index is 13.1. The normalized spacial score (nSPS) is 11.3. The summed E-state index contributed by atoms with van der Waals surface area (Å²) in [5, 5.41) is 5.68. The van der Waals surface area contributed by atoms with Crippen LogP contribution < -0.4 is 26.6 Å². The van der Waals surface area contributed by atoms with Gasteiger partial charge in [0.1, 0.15) is 15.8 Å². The average molecular weight is 601 g/mol. The molecule has 3 heterocycles. The lowest BCUT2D eigenvalue weighted by Gasteiger charge is -2.10. The molecule has 3 aromatic heterocycles. The number of amides is 2. The first-order chi connectivity index (χ1) is 19.1. The van der Waals surface area contributed by atoms with Crippen LogP contribution in [0.5, 0.6) is 0 Å². The van der Waals surface area contributed by atoms with Crippen molar-refractivity contribution in [3.05, 3.63) is 109 Å². The summed E-state index contributed by atoms with van der Waals surface area (Å²) in [6.07, 6.45) is 1.18. The number of benzene rings is 2. The van der Waals surface area contributed by atoms with Crippen LogP contribution in [0.15, 0.2) is 86.7 Å². The molecular weight excluding hydrogens is 583 g/mol. The van der Waals surface area contributed by atoms with E-state index in [-0.39, 0.29) is 31.3 Å². The van der Waals surface area contributed by atoms with Crippen molar-refractivity contribution in [2.24, 2.45) is 0 Å². The molecule has 15 heteroatoms. The van der Waals surface area contributed by atoms with E-state index in [1.54, 1.807) is 30.3 Å². The average Bonchev–Trinajstić information content (AvgIpc) is 3.36. The monoisotopic (exact) mass is 600 g/mol. The molecule has 40 heavy (non-hydrogen) atoms. The molecule has 0 bridgehead atoms. The van der Waals surface area contributed by atoms with Crippen LogP contribution in [0.1, 0.15) is 5.56 Å². The predicted octanol–water partition coefficient (Wildman–Crippen LogP) is 4.05. The number of halogens is 2. The van der Waals surface area contributed by atoms with Gasteiger partial charge in [-0.2, -0.15) is 0 Å². The molecule has 0 aliphatic carbocycles. The minimum atomic E-state index is -4.13. The Kier molecular flexibility index (Phi) is 7.38. The molecule has 5 aromatic rings. The number of nitrogens with one attached hydrogen (secondary N) is 4. The summed E-state index contributed by atoms with van der Waals surface area (Å²) >= 11 is 6.54. The van der Waals surface area contributed by atoms with Gasteiger partial charge in [-0.3, -0.25) is 10.1 Å². The van der Waals surface area contributed by atoms with Gasteiger partial charge in [-0.1, -0.05) is 23.7 Å². The van der Waals surface area contributed by atoms with Crippen molar-refractivity contribution in [1.29, 1.82) is 0 Å². The first kappa shape index (κ1) is 27.1. The van der Waals surface area contributed by atoms with Gasteiger partial charge < -0.3 is 10.3 Å². The summed E-state index contributed by atoms with van der Waals surface area (Å²) in [7, 11) is -4.13. The van der Waals surface area contributed by atoms with Gasteiger partial charge in [-0.25, -0.2) is 36.7 Å². The number of pyridine rings is 1. The summed E-state index contributed by atoms with van der Waals surface area (Å²) in [5.74, 6) is -0.357. The fourth-order valence-electron chi connectivity index (χ4n) is 3.72. The second-order valence-electron chi connectivity index (χ2n) is 8.33. The zero-order chi connectivity index (χ0) is 28.4. The summed E-state index contributed by atoms with van der Waals surface area (Å²) < 4.78 is 40.5. The lowest BCUT2D eigenvalue weighted by atomic mass is 10.2. The zero-order valence-electron chi connectivity index (χ0n) is 20.1. The van der Waals surface area contributed by atoms with Crippen molar-refractivity contribution < 1.29 is 17.6 Å². The highest BCUT2D eigenvalue weighted by Gasteiger charge is 2.20. The number of thiophene rings is 1. The second kappa shape index (κ2) is 10.9. The van der Waals surface area contributed by atoms with Crippen molar-refractivity contribution in [3.8, 4) is 5.69 Å². The number of carbonyl (C=O) groups excluding carboxylic acids is 1. The lowest BCUT2D eigenvalue weighted by molar-refractivity contribution is 0.256. The topological polar surface area (TPSA) is 155 Å². The molecule has 2 aromatic carbocycles. The van der Waals surface area contributed by atoms with E-state index in [4.69, 9.17) is 11.6 Å². The number of hydrogen-bond donors (Lipinski definition) is 4. The van der Waals surface area contributed by atoms with Crippen LogP contribution in [-0.2, 0) is 16.6 Å². The van der Waals surface area contributed by atoms with Crippen molar-refractivity contribution in [2.75, 3.05) is 10.6 Å². The maximum Gasteiger partial charge on any atom is 0.334 e. The van der Waals surface area contributed by atoms with E-state index in [0.717, 1.165) is 21.5 Å². The van der Waals surface area contributed by atoms with Gasteiger partial charge in [0.15, 0.2) is 0 Å². The third-order valence-corrected chi connectivity index (χ3v) is 8.65.